The molecule has 1 rings (SSSR count). The number of carbonyl (C=O) groups is 1. The van der Waals surface area contributed by atoms with Gasteiger partial charge in [-0.25, -0.2) is 12.7 Å². The van der Waals surface area contributed by atoms with Crippen molar-refractivity contribution in [2.24, 2.45) is 0 Å². The summed E-state index contributed by atoms with van der Waals surface area (Å²) in [5.41, 5.74) is 0.340. The minimum atomic E-state index is -3.29. The molecule has 1 aromatic rings. The van der Waals surface area contributed by atoms with Gasteiger partial charge in [-0.1, -0.05) is 0 Å². The molecule has 0 aromatic carbocycles. The number of hydrogen-bond donors (Lipinski definition) is 1. The van der Waals surface area contributed by atoms with Crippen molar-refractivity contribution in [3.63, 3.8) is 0 Å². The Bertz CT molecular complexity index is 495. The fourth-order valence-corrected chi connectivity index (χ4v) is 2.17. The first kappa shape index (κ1) is 14.2. The molecule has 0 aliphatic carbocycles. The third kappa shape index (κ3) is 3.83. The van der Waals surface area contributed by atoms with Crippen LogP contribution in [0.25, 0.3) is 0 Å². The molecule has 0 atom stereocenters. The SMILES string of the molecule is CN(C)S(=O)(=O)CCNC(=O)c1ccoc1Br. The van der Waals surface area contributed by atoms with Gasteiger partial charge in [0.15, 0.2) is 4.67 Å². The number of carbonyl (C=O) groups excluding carboxylic acids is 1. The molecular formula is C9H13BrN2O4S. The maximum absolute atomic E-state index is 11.6. The van der Waals surface area contributed by atoms with Crippen molar-refractivity contribution in [3.05, 3.63) is 22.6 Å². The lowest BCUT2D eigenvalue weighted by Gasteiger charge is -2.11. The van der Waals surface area contributed by atoms with Crippen LogP contribution in [0.2, 0.25) is 0 Å². The predicted molar refractivity (Wildman–Crippen MR) is 66.2 cm³/mol. The molecule has 6 nitrogen and oxygen atoms in total. The largest absolute Gasteiger partial charge is 0.457 e. The highest BCUT2D eigenvalue weighted by molar-refractivity contribution is 9.10. The third-order valence-corrected chi connectivity index (χ3v) is 4.51. The lowest BCUT2D eigenvalue weighted by molar-refractivity contribution is 0.0954. The number of amides is 1. The van der Waals surface area contributed by atoms with Gasteiger partial charge in [0.05, 0.1) is 17.6 Å². The summed E-state index contributed by atoms with van der Waals surface area (Å²) in [4.78, 5) is 11.6. The summed E-state index contributed by atoms with van der Waals surface area (Å²) in [6.45, 7) is 0.0525. The van der Waals surface area contributed by atoms with Crippen LogP contribution in [0.4, 0.5) is 0 Å². The van der Waals surface area contributed by atoms with E-state index in [1.165, 1.54) is 26.4 Å². The van der Waals surface area contributed by atoms with E-state index in [9.17, 15) is 13.2 Å². The Labute approximate surface area is 108 Å². The molecule has 8 heteroatoms. The van der Waals surface area contributed by atoms with Gasteiger partial charge in [-0.05, 0) is 22.0 Å². The van der Waals surface area contributed by atoms with Gasteiger partial charge < -0.3 is 9.73 Å². The molecule has 0 bridgehead atoms. The molecule has 1 heterocycles. The van der Waals surface area contributed by atoms with Gasteiger partial charge in [0, 0.05) is 20.6 Å². The lowest BCUT2D eigenvalue weighted by Crippen LogP contribution is -2.33. The van der Waals surface area contributed by atoms with Crippen molar-refractivity contribution in [2.45, 2.75) is 0 Å². The average molecular weight is 325 g/mol. The van der Waals surface area contributed by atoms with Crippen LogP contribution < -0.4 is 5.32 Å². The van der Waals surface area contributed by atoms with Gasteiger partial charge in [-0.2, -0.15) is 0 Å². The summed E-state index contributed by atoms with van der Waals surface area (Å²) >= 11 is 3.07. The summed E-state index contributed by atoms with van der Waals surface area (Å²) in [6.07, 6.45) is 1.37. The molecule has 1 amide bonds. The standard InChI is InChI=1S/C9H13BrN2O4S/c1-12(2)17(14,15)6-4-11-9(13)7-3-5-16-8(7)10/h3,5H,4,6H2,1-2H3,(H,11,13). The first-order valence-electron chi connectivity index (χ1n) is 4.76. The van der Waals surface area contributed by atoms with Crippen molar-refractivity contribution in [1.29, 1.82) is 0 Å². The summed E-state index contributed by atoms with van der Waals surface area (Å²) < 4.78 is 29.2. The van der Waals surface area contributed by atoms with E-state index in [1.54, 1.807) is 0 Å². The maximum Gasteiger partial charge on any atom is 0.255 e. The zero-order valence-corrected chi connectivity index (χ0v) is 11.8. The van der Waals surface area contributed by atoms with Crippen LogP contribution in [-0.2, 0) is 10.0 Å². The number of halogens is 1. The zero-order chi connectivity index (χ0) is 13.1. The fraction of sp³-hybridized carbons (Fsp3) is 0.444. The second-order valence-electron chi connectivity index (χ2n) is 3.46. The molecule has 96 valence electrons. The molecule has 0 aliphatic heterocycles. The van der Waals surface area contributed by atoms with Crippen molar-refractivity contribution in [2.75, 3.05) is 26.4 Å². The molecule has 0 fully saturated rings. The fourth-order valence-electron chi connectivity index (χ4n) is 1.03. The normalized spacial score (nSPS) is 11.8. The average Bonchev–Trinajstić information content (AvgIpc) is 2.63. The molecule has 0 aliphatic rings. The monoisotopic (exact) mass is 324 g/mol. The molecule has 0 spiro atoms. The quantitative estimate of drug-likeness (QED) is 0.863. The van der Waals surface area contributed by atoms with Crippen molar-refractivity contribution in [3.8, 4) is 0 Å². The molecule has 0 saturated carbocycles. The van der Waals surface area contributed by atoms with Gasteiger partial charge in [-0.15, -0.1) is 0 Å². The number of furan rings is 1. The Morgan fingerprint density at radius 1 is 1.53 bits per heavy atom. The van der Waals surface area contributed by atoms with Crippen LogP contribution in [0.1, 0.15) is 10.4 Å². The first-order chi connectivity index (χ1) is 7.84. The topological polar surface area (TPSA) is 79.6 Å². The van der Waals surface area contributed by atoms with Crippen molar-refractivity contribution in [1.82, 2.24) is 9.62 Å². The molecule has 17 heavy (non-hydrogen) atoms. The molecule has 0 unspecified atom stereocenters. The highest BCUT2D eigenvalue weighted by Gasteiger charge is 2.16. The van der Waals surface area contributed by atoms with Gasteiger partial charge >= 0.3 is 0 Å². The van der Waals surface area contributed by atoms with E-state index >= 15 is 0 Å². The summed E-state index contributed by atoms with van der Waals surface area (Å²) in [6, 6.07) is 1.50. The van der Waals surface area contributed by atoms with Gasteiger partial charge in [0.1, 0.15) is 0 Å². The Balaban J connectivity index is 2.49. The van der Waals surface area contributed by atoms with E-state index < -0.39 is 10.0 Å². The zero-order valence-electron chi connectivity index (χ0n) is 9.44. The van der Waals surface area contributed by atoms with Gasteiger partial charge in [-0.3, -0.25) is 4.79 Å². The number of nitrogens with zero attached hydrogens (tertiary/aromatic N) is 1. The van der Waals surface area contributed by atoms with E-state index in [-0.39, 0.29) is 18.2 Å². The predicted octanol–water partition coefficient (Wildman–Crippen LogP) is 0.663. The molecule has 0 radical (unpaired) electrons. The Morgan fingerprint density at radius 3 is 2.65 bits per heavy atom. The number of nitrogens with one attached hydrogen (secondary N) is 1. The minimum Gasteiger partial charge on any atom is -0.457 e. The lowest BCUT2D eigenvalue weighted by atomic mass is 10.3. The smallest absolute Gasteiger partial charge is 0.255 e. The Morgan fingerprint density at radius 2 is 2.18 bits per heavy atom. The molecule has 0 saturated heterocycles. The van der Waals surface area contributed by atoms with E-state index in [0.717, 1.165) is 4.31 Å². The van der Waals surface area contributed by atoms with E-state index in [2.05, 4.69) is 21.2 Å². The summed E-state index contributed by atoms with van der Waals surface area (Å²) in [5, 5.41) is 2.50. The van der Waals surface area contributed by atoms with E-state index in [1.807, 2.05) is 0 Å². The first-order valence-corrected chi connectivity index (χ1v) is 7.16. The van der Waals surface area contributed by atoms with Crippen molar-refractivity contribution >= 4 is 31.9 Å². The molecular weight excluding hydrogens is 312 g/mol. The number of hydrogen-bond acceptors (Lipinski definition) is 4. The van der Waals surface area contributed by atoms with Crippen molar-refractivity contribution < 1.29 is 17.6 Å². The highest BCUT2D eigenvalue weighted by Crippen LogP contribution is 2.16. The van der Waals surface area contributed by atoms with Crippen LogP contribution in [0.5, 0.6) is 0 Å². The second-order valence-corrected chi connectivity index (χ2v) is 6.48. The van der Waals surface area contributed by atoms with E-state index in [0.29, 0.717) is 10.2 Å². The van der Waals surface area contributed by atoms with Gasteiger partial charge in [0.2, 0.25) is 10.0 Å². The molecule has 1 N–H and O–H groups in total. The Hall–Kier alpha value is -0.860. The molecule has 1 aromatic heterocycles. The highest BCUT2D eigenvalue weighted by atomic mass is 79.9. The number of rotatable bonds is 5. The summed E-state index contributed by atoms with van der Waals surface area (Å²) in [5.74, 6) is -0.513. The maximum atomic E-state index is 11.6. The number of sulfonamides is 1. The van der Waals surface area contributed by atoms with Crippen LogP contribution in [0.15, 0.2) is 21.4 Å². The second kappa shape index (κ2) is 5.65. The van der Waals surface area contributed by atoms with Crippen LogP contribution in [0, 0.1) is 0 Å². The van der Waals surface area contributed by atoms with E-state index in [4.69, 9.17) is 4.42 Å². The Kier molecular flexibility index (Phi) is 4.72. The minimum absolute atomic E-state index is 0.0525. The third-order valence-electron chi connectivity index (χ3n) is 2.06. The summed E-state index contributed by atoms with van der Waals surface area (Å²) in [7, 11) is -0.393. The van der Waals surface area contributed by atoms with Crippen LogP contribution in [0.3, 0.4) is 0 Å². The van der Waals surface area contributed by atoms with Crippen LogP contribution in [-0.4, -0.2) is 45.0 Å². The van der Waals surface area contributed by atoms with Gasteiger partial charge in [0.25, 0.3) is 5.91 Å². The van der Waals surface area contributed by atoms with Crippen LogP contribution >= 0.6 is 15.9 Å².